The van der Waals surface area contributed by atoms with Crippen molar-refractivity contribution in [2.45, 2.75) is 33.1 Å². The standard InChI is InChI=1S/C16H28N2O3S/c1-16(2,8-9-22(3,20)21)12-17-15(19)18-10-13-6-4-5-7-14(13)11-18/h4-5,13-14H,6-12H2,1-3H3,(H,17,19). The van der Waals surface area contributed by atoms with Gasteiger partial charge in [0.15, 0.2) is 0 Å². The molecule has 1 fully saturated rings. The van der Waals surface area contributed by atoms with Gasteiger partial charge in [-0.3, -0.25) is 0 Å². The molecule has 2 amide bonds. The van der Waals surface area contributed by atoms with Crippen LogP contribution in [0.25, 0.3) is 0 Å². The normalized spacial score (nSPS) is 25.1. The van der Waals surface area contributed by atoms with Crippen molar-refractivity contribution in [3.63, 3.8) is 0 Å². The molecule has 2 unspecified atom stereocenters. The molecule has 0 spiro atoms. The average Bonchev–Trinajstić information content (AvgIpc) is 2.86. The van der Waals surface area contributed by atoms with E-state index < -0.39 is 9.84 Å². The second kappa shape index (κ2) is 6.60. The molecule has 2 rings (SSSR count). The third-order valence-electron chi connectivity index (χ3n) is 4.78. The number of sulfone groups is 1. The summed E-state index contributed by atoms with van der Waals surface area (Å²) in [4.78, 5) is 14.2. The molecule has 1 heterocycles. The highest BCUT2D eigenvalue weighted by atomic mass is 32.2. The third kappa shape index (κ3) is 5.00. The van der Waals surface area contributed by atoms with E-state index in [0.717, 1.165) is 25.9 Å². The predicted molar refractivity (Wildman–Crippen MR) is 88.4 cm³/mol. The zero-order chi connectivity index (χ0) is 16.4. The van der Waals surface area contributed by atoms with E-state index in [9.17, 15) is 13.2 Å². The summed E-state index contributed by atoms with van der Waals surface area (Å²) in [6, 6.07) is -0.0122. The Morgan fingerprint density at radius 2 is 1.77 bits per heavy atom. The van der Waals surface area contributed by atoms with Crippen LogP contribution in [0.15, 0.2) is 12.2 Å². The van der Waals surface area contributed by atoms with E-state index in [1.165, 1.54) is 6.26 Å². The van der Waals surface area contributed by atoms with Crippen molar-refractivity contribution in [2.24, 2.45) is 17.3 Å². The number of nitrogens with one attached hydrogen (secondary N) is 1. The van der Waals surface area contributed by atoms with Crippen molar-refractivity contribution in [1.82, 2.24) is 10.2 Å². The Bertz CT molecular complexity index is 524. The smallest absolute Gasteiger partial charge is 0.317 e. The molecule has 0 aromatic carbocycles. The summed E-state index contributed by atoms with van der Waals surface area (Å²) in [7, 11) is -2.96. The van der Waals surface area contributed by atoms with Gasteiger partial charge >= 0.3 is 6.03 Å². The van der Waals surface area contributed by atoms with Gasteiger partial charge in [0.2, 0.25) is 0 Å². The molecule has 6 heteroatoms. The molecule has 0 bridgehead atoms. The average molecular weight is 328 g/mol. The number of fused-ring (bicyclic) bond motifs is 1. The minimum atomic E-state index is -2.96. The number of amides is 2. The Hall–Kier alpha value is -1.04. The number of rotatable bonds is 5. The Balaban J connectivity index is 1.78. The van der Waals surface area contributed by atoms with Crippen molar-refractivity contribution in [1.29, 1.82) is 0 Å². The van der Waals surface area contributed by atoms with E-state index >= 15 is 0 Å². The van der Waals surface area contributed by atoms with Gasteiger partial charge in [-0.05, 0) is 36.5 Å². The summed E-state index contributed by atoms with van der Waals surface area (Å²) < 4.78 is 22.5. The summed E-state index contributed by atoms with van der Waals surface area (Å²) >= 11 is 0. The molecule has 2 aliphatic rings. The minimum Gasteiger partial charge on any atom is -0.337 e. The molecule has 22 heavy (non-hydrogen) atoms. The number of carbonyl (C=O) groups excluding carboxylic acids is 1. The van der Waals surface area contributed by atoms with E-state index in [-0.39, 0.29) is 17.2 Å². The van der Waals surface area contributed by atoms with Crippen LogP contribution < -0.4 is 5.32 Å². The predicted octanol–water partition coefficient (Wildman–Crippen LogP) is 2.05. The van der Waals surface area contributed by atoms with Crippen molar-refractivity contribution in [2.75, 3.05) is 31.6 Å². The van der Waals surface area contributed by atoms with Crippen molar-refractivity contribution in [3.8, 4) is 0 Å². The van der Waals surface area contributed by atoms with Crippen LogP contribution in [-0.4, -0.2) is 51.0 Å². The largest absolute Gasteiger partial charge is 0.337 e. The van der Waals surface area contributed by atoms with Gasteiger partial charge in [-0.25, -0.2) is 13.2 Å². The molecule has 1 saturated heterocycles. The van der Waals surface area contributed by atoms with Crippen molar-refractivity contribution in [3.05, 3.63) is 12.2 Å². The molecule has 0 aromatic rings. The number of urea groups is 1. The molecule has 0 saturated carbocycles. The molecular weight excluding hydrogens is 300 g/mol. The van der Waals surface area contributed by atoms with Crippen LogP contribution in [0.3, 0.4) is 0 Å². The molecular formula is C16H28N2O3S. The van der Waals surface area contributed by atoms with Crippen LogP contribution in [0.1, 0.15) is 33.1 Å². The van der Waals surface area contributed by atoms with Gasteiger partial charge in [0.05, 0.1) is 5.75 Å². The van der Waals surface area contributed by atoms with Crippen LogP contribution in [-0.2, 0) is 9.84 Å². The first kappa shape index (κ1) is 17.3. The highest BCUT2D eigenvalue weighted by Crippen LogP contribution is 2.32. The van der Waals surface area contributed by atoms with Crippen LogP contribution in [0.5, 0.6) is 0 Å². The van der Waals surface area contributed by atoms with Gasteiger partial charge in [-0.2, -0.15) is 0 Å². The van der Waals surface area contributed by atoms with Gasteiger partial charge < -0.3 is 10.2 Å². The van der Waals surface area contributed by atoms with Gasteiger partial charge in [0, 0.05) is 25.9 Å². The highest BCUT2D eigenvalue weighted by Gasteiger charge is 2.35. The number of nitrogens with zero attached hydrogens (tertiary/aromatic N) is 1. The number of carbonyl (C=O) groups is 1. The van der Waals surface area contributed by atoms with E-state index in [2.05, 4.69) is 17.5 Å². The second-order valence-corrected chi connectivity index (χ2v) is 9.83. The quantitative estimate of drug-likeness (QED) is 0.786. The Morgan fingerprint density at radius 1 is 1.23 bits per heavy atom. The Kier molecular flexibility index (Phi) is 5.20. The molecule has 126 valence electrons. The second-order valence-electron chi connectivity index (χ2n) is 7.57. The van der Waals surface area contributed by atoms with Crippen LogP contribution in [0.2, 0.25) is 0 Å². The lowest BCUT2D eigenvalue weighted by atomic mass is 9.86. The zero-order valence-electron chi connectivity index (χ0n) is 13.8. The minimum absolute atomic E-state index is 0.0122. The van der Waals surface area contributed by atoms with E-state index in [0.29, 0.717) is 24.8 Å². The summed E-state index contributed by atoms with van der Waals surface area (Å²) in [5.74, 6) is 1.37. The third-order valence-corrected chi connectivity index (χ3v) is 5.72. The van der Waals surface area contributed by atoms with Crippen LogP contribution in [0.4, 0.5) is 4.79 Å². The lowest BCUT2D eigenvalue weighted by molar-refractivity contribution is 0.199. The zero-order valence-corrected chi connectivity index (χ0v) is 14.7. The fourth-order valence-corrected chi connectivity index (χ4v) is 4.08. The topological polar surface area (TPSA) is 66.5 Å². The first-order valence-corrected chi connectivity index (χ1v) is 10.1. The molecule has 0 aromatic heterocycles. The molecule has 1 N–H and O–H groups in total. The van der Waals surface area contributed by atoms with Gasteiger partial charge in [0.25, 0.3) is 0 Å². The van der Waals surface area contributed by atoms with E-state index in [4.69, 9.17) is 0 Å². The van der Waals surface area contributed by atoms with E-state index in [1.54, 1.807) is 0 Å². The summed E-state index contributed by atoms with van der Waals surface area (Å²) in [6.45, 7) is 6.17. The SMILES string of the molecule is CC(C)(CCS(C)(=O)=O)CNC(=O)N1CC2CC=CCC2C1. The number of likely N-dealkylation sites (tertiary alicyclic amines) is 1. The maximum Gasteiger partial charge on any atom is 0.317 e. The first-order chi connectivity index (χ1) is 10.2. The Morgan fingerprint density at radius 3 is 2.27 bits per heavy atom. The number of hydrogen-bond donors (Lipinski definition) is 1. The summed E-state index contributed by atoms with van der Waals surface area (Å²) in [5, 5.41) is 2.98. The van der Waals surface area contributed by atoms with Gasteiger partial charge in [0.1, 0.15) is 9.84 Å². The van der Waals surface area contributed by atoms with Crippen molar-refractivity contribution < 1.29 is 13.2 Å². The number of allylic oxidation sites excluding steroid dienone is 2. The maximum absolute atomic E-state index is 12.3. The van der Waals surface area contributed by atoms with Gasteiger partial charge in [-0.1, -0.05) is 26.0 Å². The fourth-order valence-electron chi connectivity index (χ4n) is 3.16. The molecule has 0 radical (unpaired) electrons. The van der Waals surface area contributed by atoms with E-state index in [1.807, 2.05) is 18.7 Å². The van der Waals surface area contributed by atoms with Crippen LogP contribution >= 0.6 is 0 Å². The molecule has 2 atom stereocenters. The molecule has 1 aliphatic heterocycles. The van der Waals surface area contributed by atoms with Crippen LogP contribution in [0, 0.1) is 17.3 Å². The monoisotopic (exact) mass is 328 g/mol. The lowest BCUT2D eigenvalue weighted by Crippen LogP contribution is -2.43. The Labute approximate surface area is 134 Å². The summed E-state index contributed by atoms with van der Waals surface area (Å²) in [6.07, 6.45) is 8.40. The molecule has 5 nitrogen and oxygen atoms in total. The fraction of sp³-hybridized carbons (Fsp3) is 0.812. The number of hydrogen-bond acceptors (Lipinski definition) is 3. The molecule has 1 aliphatic carbocycles. The lowest BCUT2D eigenvalue weighted by Gasteiger charge is -2.26. The van der Waals surface area contributed by atoms with Crippen molar-refractivity contribution >= 4 is 15.9 Å². The highest BCUT2D eigenvalue weighted by molar-refractivity contribution is 7.90. The van der Waals surface area contributed by atoms with Gasteiger partial charge in [-0.15, -0.1) is 0 Å². The maximum atomic E-state index is 12.3. The first-order valence-electron chi connectivity index (χ1n) is 8.02. The summed E-state index contributed by atoms with van der Waals surface area (Å²) in [5.41, 5.74) is -0.215.